The maximum absolute atomic E-state index is 12.2. The van der Waals surface area contributed by atoms with Crippen molar-refractivity contribution in [3.05, 3.63) is 40.8 Å². The summed E-state index contributed by atoms with van der Waals surface area (Å²) in [6, 6.07) is 9.81. The highest BCUT2D eigenvalue weighted by Crippen LogP contribution is 2.33. The minimum Gasteiger partial charge on any atom is -0.343 e. The first-order valence-electron chi connectivity index (χ1n) is 8.15. The van der Waals surface area contributed by atoms with Gasteiger partial charge in [0.05, 0.1) is 4.91 Å². The van der Waals surface area contributed by atoms with E-state index in [0.717, 1.165) is 35.3 Å². The third-order valence-electron chi connectivity index (χ3n) is 3.86. The summed E-state index contributed by atoms with van der Waals surface area (Å²) in [6.45, 7) is 5.87. The normalized spacial score (nSPS) is 16.1. The van der Waals surface area contributed by atoms with Crippen molar-refractivity contribution >= 4 is 46.2 Å². The lowest BCUT2D eigenvalue weighted by Crippen LogP contribution is -2.32. The predicted octanol–water partition coefficient (Wildman–Crippen LogP) is 4.17. The molecule has 6 heteroatoms. The first kappa shape index (κ1) is 18.7. The SMILES string of the molecule is CCN(CC)C(=O)CCCN1C(=O)S/C(=C\c2ccccc2)C1=S. The van der Waals surface area contributed by atoms with Gasteiger partial charge in [-0.25, -0.2) is 0 Å². The second-order valence-electron chi connectivity index (χ2n) is 5.41. The summed E-state index contributed by atoms with van der Waals surface area (Å²) in [7, 11) is 0. The maximum Gasteiger partial charge on any atom is 0.291 e. The highest BCUT2D eigenvalue weighted by Gasteiger charge is 2.31. The molecule has 1 aliphatic rings. The van der Waals surface area contributed by atoms with Gasteiger partial charge in [-0.2, -0.15) is 0 Å². The lowest BCUT2D eigenvalue weighted by molar-refractivity contribution is -0.130. The van der Waals surface area contributed by atoms with E-state index >= 15 is 0 Å². The van der Waals surface area contributed by atoms with Gasteiger partial charge in [-0.1, -0.05) is 42.5 Å². The van der Waals surface area contributed by atoms with Crippen LogP contribution in [0, 0.1) is 0 Å². The first-order valence-corrected chi connectivity index (χ1v) is 9.37. The number of benzene rings is 1. The Morgan fingerprint density at radius 1 is 1.25 bits per heavy atom. The van der Waals surface area contributed by atoms with Crippen molar-refractivity contribution in [1.29, 1.82) is 0 Å². The zero-order valence-electron chi connectivity index (χ0n) is 14.0. The summed E-state index contributed by atoms with van der Waals surface area (Å²) in [5.41, 5.74) is 1.02. The summed E-state index contributed by atoms with van der Waals surface area (Å²) in [5.74, 6) is 0.130. The van der Waals surface area contributed by atoms with Crippen LogP contribution in [0.15, 0.2) is 35.2 Å². The van der Waals surface area contributed by atoms with Gasteiger partial charge in [0.15, 0.2) is 0 Å². The number of thiocarbonyl (C=S) groups is 1. The van der Waals surface area contributed by atoms with Crippen LogP contribution in [0.3, 0.4) is 0 Å². The average Bonchev–Trinajstić information content (AvgIpc) is 2.84. The van der Waals surface area contributed by atoms with Crippen molar-refractivity contribution in [2.45, 2.75) is 26.7 Å². The molecule has 1 aromatic rings. The third-order valence-corrected chi connectivity index (χ3v) is 5.36. The van der Waals surface area contributed by atoms with E-state index in [1.54, 1.807) is 9.80 Å². The quantitative estimate of drug-likeness (QED) is 0.539. The molecule has 128 valence electrons. The van der Waals surface area contributed by atoms with Crippen molar-refractivity contribution in [2.24, 2.45) is 0 Å². The summed E-state index contributed by atoms with van der Waals surface area (Å²) >= 11 is 6.60. The number of rotatable bonds is 7. The van der Waals surface area contributed by atoms with Gasteiger partial charge in [0.2, 0.25) is 5.91 Å². The molecule has 1 saturated heterocycles. The van der Waals surface area contributed by atoms with Crippen LogP contribution in [0.25, 0.3) is 6.08 Å². The Bertz CT molecular complexity index is 640. The number of thioether (sulfide) groups is 1. The van der Waals surface area contributed by atoms with Gasteiger partial charge in [-0.3, -0.25) is 14.5 Å². The van der Waals surface area contributed by atoms with Crippen LogP contribution in [-0.2, 0) is 4.79 Å². The van der Waals surface area contributed by atoms with Crippen LogP contribution >= 0.6 is 24.0 Å². The summed E-state index contributed by atoms with van der Waals surface area (Å²) in [4.78, 5) is 29.0. The molecule has 2 amide bonds. The highest BCUT2D eigenvalue weighted by atomic mass is 32.2. The fraction of sp³-hybridized carbons (Fsp3) is 0.389. The maximum atomic E-state index is 12.2. The van der Waals surface area contributed by atoms with Crippen LogP contribution < -0.4 is 0 Å². The number of carbonyl (C=O) groups excluding carboxylic acids is 2. The number of nitrogens with zero attached hydrogens (tertiary/aromatic N) is 2. The molecule has 0 spiro atoms. The van der Waals surface area contributed by atoms with Crippen LogP contribution in [0.5, 0.6) is 0 Å². The molecule has 2 rings (SSSR count). The molecule has 0 N–H and O–H groups in total. The predicted molar refractivity (Wildman–Crippen MR) is 104 cm³/mol. The molecule has 0 aromatic heterocycles. The van der Waals surface area contributed by atoms with E-state index in [-0.39, 0.29) is 11.1 Å². The van der Waals surface area contributed by atoms with Crippen LogP contribution in [0.1, 0.15) is 32.3 Å². The standard InChI is InChI=1S/C18H22N2O2S2/c1-3-19(4-2)16(21)11-8-12-20-17(23)15(24-18(20)22)13-14-9-6-5-7-10-14/h5-7,9-10,13H,3-4,8,11-12H2,1-2H3/b15-13-. The molecule has 0 radical (unpaired) electrons. The van der Waals surface area contributed by atoms with Gasteiger partial charge in [-0.05, 0) is 43.7 Å². The Kier molecular flexibility index (Phi) is 6.99. The number of amides is 2. The smallest absolute Gasteiger partial charge is 0.291 e. The first-order chi connectivity index (χ1) is 11.6. The molecule has 0 atom stereocenters. The molecule has 1 heterocycles. The molecule has 0 aliphatic carbocycles. The Balaban J connectivity index is 1.93. The van der Waals surface area contributed by atoms with Gasteiger partial charge >= 0.3 is 0 Å². The van der Waals surface area contributed by atoms with Gasteiger partial charge < -0.3 is 4.90 Å². The van der Waals surface area contributed by atoms with Crippen molar-refractivity contribution in [1.82, 2.24) is 9.80 Å². The van der Waals surface area contributed by atoms with Gasteiger partial charge in [0, 0.05) is 26.1 Å². The molecule has 1 aromatic carbocycles. The Morgan fingerprint density at radius 3 is 2.54 bits per heavy atom. The fourth-order valence-corrected chi connectivity index (χ4v) is 3.81. The zero-order valence-corrected chi connectivity index (χ0v) is 15.7. The Labute approximate surface area is 152 Å². The van der Waals surface area contributed by atoms with E-state index < -0.39 is 0 Å². The van der Waals surface area contributed by atoms with Crippen molar-refractivity contribution in [2.75, 3.05) is 19.6 Å². The van der Waals surface area contributed by atoms with Gasteiger partial charge in [0.1, 0.15) is 4.99 Å². The van der Waals surface area contributed by atoms with E-state index in [2.05, 4.69) is 0 Å². The van der Waals surface area contributed by atoms with E-state index in [1.165, 1.54) is 0 Å². The Morgan fingerprint density at radius 2 is 1.92 bits per heavy atom. The van der Waals surface area contributed by atoms with Crippen molar-refractivity contribution < 1.29 is 9.59 Å². The second-order valence-corrected chi connectivity index (χ2v) is 6.79. The van der Waals surface area contributed by atoms with E-state index in [4.69, 9.17) is 12.2 Å². The Hall–Kier alpha value is -1.66. The minimum atomic E-state index is -0.0579. The summed E-state index contributed by atoms with van der Waals surface area (Å²) in [6.07, 6.45) is 3.00. The number of hydrogen-bond donors (Lipinski definition) is 0. The lowest BCUT2D eigenvalue weighted by Gasteiger charge is -2.19. The molecule has 24 heavy (non-hydrogen) atoms. The lowest BCUT2D eigenvalue weighted by atomic mass is 10.2. The van der Waals surface area contributed by atoms with Crippen LogP contribution in [0.2, 0.25) is 0 Å². The van der Waals surface area contributed by atoms with Crippen LogP contribution in [0.4, 0.5) is 4.79 Å². The van der Waals surface area contributed by atoms with Crippen molar-refractivity contribution in [3.63, 3.8) is 0 Å². The number of carbonyl (C=O) groups is 2. The molecule has 1 fully saturated rings. The molecule has 0 unspecified atom stereocenters. The van der Waals surface area contributed by atoms with Gasteiger partial charge in [-0.15, -0.1) is 0 Å². The second kappa shape index (κ2) is 8.99. The van der Waals surface area contributed by atoms with Crippen molar-refractivity contribution in [3.8, 4) is 0 Å². The third kappa shape index (κ3) is 4.68. The minimum absolute atomic E-state index is 0.0579. The molecular formula is C18H22N2O2S2. The topological polar surface area (TPSA) is 40.6 Å². The van der Waals surface area contributed by atoms with E-state index in [1.807, 2.05) is 50.3 Å². The largest absolute Gasteiger partial charge is 0.343 e. The molecule has 4 nitrogen and oxygen atoms in total. The van der Waals surface area contributed by atoms with E-state index in [9.17, 15) is 9.59 Å². The molecular weight excluding hydrogens is 340 g/mol. The highest BCUT2D eigenvalue weighted by molar-refractivity contribution is 8.19. The van der Waals surface area contributed by atoms with Gasteiger partial charge in [0.25, 0.3) is 5.24 Å². The summed E-state index contributed by atoms with van der Waals surface area (Å²) < 4.78 is 0. The monoisotopic (exact) mass is 362 g/mol. The fourth-order valence-electron chi connectivity index (χ4n) is 2.52. The number of hydrogen-bond acceptors (Lipinski definition) is 4. The van der Waals surface area contributed by atoms with Crippen LogP contribution in [-0.4, -0.2) is 45.6 Å². The van der Waals surface area contributed by atoms with E-state index in [0.29, 0.717) is 24.4 Å². The molecule has 1 aliphatic heterocycles. The summed E-state index contributed by atoms with van der Waals surface area (Å²) in [5, 5.41) is -0.0579. The zero-order chi connectivity index (χ0) is 17.5. The average molecular weight is 363 g/mol. The molecule has 0 bridgehead atoms. The molecule has 0 saturated carbocycles.